The molecule has 7 heteroatoms. The molecule has 0 radical (unpaired) electrons. The summed E-state index contributed by atoms with van der Waals surface area (Å²) >= 11 is 5.95. The molecule has 110 valence electrons. The van der Waals surface area contributed by atoms with Gasteiger partial charge in [-0.1, -0.05) is 11.6 Å². The maximum Gasteiger partial charge on any atom is 0.416 e. The molecule has 1 unspecified atom stereocenters. The van der Waals surface area contributed by atoms with E-state index in [4.69, 9.17) is 11.6 Å². The number of carbonyl (C=O) groups is 1. The van der Waals surface area contributed by atoms with Crippen LogP contribution in [0.3, 0.4) is 0 Å². The second-order valence-corrected chi connectivity index (χ2v) is 5.04. The minimum atomic E-state index is -4.46. The number of carbonyl (C=O) groups excluding carboxylic acids is 1. The van der Waals surface area contributed by atoms with E-state index in [1.165, 1.54) is 11.0 Å². The van der Waals surface area contributed by atoms with Crippen molar-refractivity contribution < 1.29 is 18.0 Å². The first kappa shape index (κ1) is 15.1. The monoisotopic (exact) mass is 306 g/mol. The van der Waals surface area contributed by atoms with Gasteiger partial charge in [0.15, 0.2) is 0 Å². The van der Waals surface area contributed by atoms with Gasteiger partial charge >= 0.3 is 6.18 Å². The quantitative estimate of drug-likeness (QED) is 0.911. The molecule has 1 aliphatic rings. The number of amides is 1. The van der Waals surface area contributed by atoms with Gasteiger partial charge in [-0.05, 0) is 38.1 Å². The van der Waals surface area contributed by atoms with Gasteiger partial charge in [-0.3, -0.25) is 4.79 Å². The lowest BCUT2D eigenvalue weighted by Crippen LogP contribution is -2.50. The zero-order valence-corrected chi connectivity index (χ0v) is 11.6. The maximum absolute atomic E-state index is 12.7. The fourth-order valence-electron chi connectivity index (χ4n) is 2.28. The van der Waals surface area contributed by atoms with Gasteiger partial charge in [-0.2, -0.15) is 13.2 Å². The van der Waals surface area contributed by atoms with Crippen molar-refractivity contribution in [3.05, 3.63) is 28.8 Å². The molecule has 1 saturated heterocycles. The van der Waals surface area contributed by atoms with Gasteiger partial charge < -0.3 is 10.2 Å². The van der Waals surface area contributed by atoms with Crippen LogP contribution >= 0.6 is 11.6 Å². The normalized spacial score (nSPS) is 20.4. The van der Waals surface area contributed by atoms with Gasteiger partial charge in [0.2, 0.25) is 5.91 Å². The molecule has 1 N–H and O–H groups in total. The number of benzene rings is 1. The van der Waals surface area contributed by atoms with Crippen molar-refractivity contribution in [1.82, 2.24) is 5.32 Å². The summed E-state index contributed by atoms with van der Waals surface area (Å²) in [7, 11) is 1.65. The number of hydrogen-bond donors (Lipinski definition) is 1. The van der Waals surface area contributed by atoms with Gasteiger partial charge in [0.1, 0.15) is 0 Å². The highest BCUT2D eigenvalue weighted by Crippen LogP contribution is 2.36. The topological polar surface area (TPSA) is 32.3 Å². The molecule has 1 aliphatic heterocycles. The zero-order valence-electron chi connectivity index (χ0n) is 10.8. The summed E-state index contributed by atoms with van der Waals surface area (Å²) < 4.78 is 38.2. The third-order valence-electron chi connectivity index (χ3n) is 3.35. The molecule has 0 aromatic heterocycles. The SMILES string of the molecule is CNC1CCCN(c2cc(C(F)(F)F)ccc2Cl)C1=O. The van der Waals surface area contributed by atoms with Crippen LogP contribution in [0, 0.1) is 0 Å². The Bertz CT molecular complexity index is 519. The summed E-state index contributed by atoms with van der Waals surface area (Å²) in [6, 6.07) is 2.64. The summed E-state index contributed by atoms with van der Waals surface area (Å²) in [6.45, 7) is 0.373. The Morgan fingerprint density at radius 1 is 1.40 bits per heavy atom. The molecular weight excluding hydrogens is 293 g/mol. The summed E-state index contributed by atoms with van der Waals surface area (Å²) in [5.41, 5.74) is -0.692. The van der Waals surface area contributed by atoms with Crippen LogP contribution in [-0.2, 0) is 11.0 Å². The molecule has 0 bridgehead atoms. The Balaban J connectivity index is 2.38. The van der Waals surface area contributed by atoms with E-state index in [1.54, 1.807) is 7.05 Å². The molecule has 1 aromatic rings. The van der Waals surface area contributed by atoms with Crippen LogP contribution in [0.25, 0.3) is 0 Å². The number of alkyl halides is 3. The van der Waals surface area contributed by atoms with Crippen molar-refractivity contribution in [3.8, 4) is 0 Å². The molecular formula is C13H14ClF3N2O. The number of rotatable bonds is 2. The Hall–Kier alpha value is -1.27. The first-order chi connectivity index (χ1) is 9.34. The van der Waals surface area contributed by atoms with Crippen LogP contribution in [0.5, 0.6) is 0 Å². The first-order valence-electron chi connectivity index (χ1n) is 6.20. The number of halogens is 4. The average molecular weight is 307 g/mol. The van der Waals surface area contributed by atoms with Gasteiger partial charge in [-0.15, -0.1) is 0 Å². The molecule has 1 fully saturated rings. The smallest absolute Gasteiger partial charge is 0.310 e. The predicted molar refractivity (Wildman–Crippen MR) is 70.9 cm³/mol. The van der Waals surface area contributed by atoms with Crippen molar-refractivity contribution in [2.24, 2.45) is 0 Å². The summed E-state index contributed by atoms with van der Waals surface area (Å²) in [5, 5.41) is 3.00. The van der Waals surface area contributed by atoms with Crippen LogP contribution in [-0.4, -0.2) is 25.5 Å². The van der Waals surface area contributed by atoms with E-state index in [-0.39, 0.29) is 22.7 Å². The van der Waals surface area contributed by atoms with Gasteiger partial charge in [0.25, 0.3) is 0 Å². The van der Waals surface area contributed by atoms with E-state index >= 15 is 0 Å². The maximum atomic E-state index is 12.7. The highest BCUT2D eigenvalue weighted by molar-refractivity contribution is 6.34. The second-order valence-electron chi connectivity index (χ2n) is 4.64. The number of likely N-dealkylation sites (N-methyl/N-ethyl adjacent to an activating group) is 1. The number of anilines is 1. The minimum Gasteiger partial charge on any atom is -0.310 e. The van der Waals surface area contributed by atoms with E-state index in [0.29, 0.717) is 19.4 Å². The Morgan fingerprint density at radius 2 is 2.10 bits per heavy atom. The van der Waals surface area contributed by atoms with Gasteiger partial charge in [0, 0.05) is 6.54 Å². The number of hydrogen-bond acceptors (Lipinski definition) is 2. The van der Waals surface area contributed by atoms with E-state index in [1.807, 2.05) is 0 Å². The second kappa shape index (κ2) is 5.61. The third-order valence-corrected chi connectivity index (χ3v) is 3.67. The Labute approximate surface area is 119 Å². The summed E-state index contributed by atoms with van der Waals surface area (Å²) in [4.78, 5) is 13.5. The summed E-state index contributed by atoms with van der Waals surface area (Å²) in [5.74, 6) is -0.250. The summed E-state index contributed by atoms with van der Waals surface area (Å²) in [6.07, 6.45) is -3.08. The molecule has 1 aromatic carbocycles. The van der Waals surface area contributed by atoms with Crippen LogP contribution < -0.4 is 10.2 Å². The number of nitrogens with one attached hydrogen (secondary N) is 1. The van der Waals surface area contributed by atoms with E-state index in [2.05, 4.69) is 5.32 Å². The minimum absolute atomic E-state index is 0.117. The molecule has 3 nitrogen and oxygen atoms in total. The molecule has 0 spiro atoms. The van der Waals surface area contributed by atoms with Crippen molar-refractivity contribution in [3.63, 3.8) is 0 Å². The van der Waals surface area contributed by atoms with Crippen LogP contribution in [0.15, 0.2) is 18.2 Å². The standard InChI is InChI=1S/C13H14ClF3N2O/c1-18-10-3-2-6-19(12(10)20)11-7-8(13(15,16)17)4-5-9(11)14/h4-5,7,10,18H,2-3,6H2,1H3. The van der Waals surface area contributed by atoms with Crippen molar-refractivity contribution in [2.75, 3.05) is 18.5 Å². The molecule has 2 rings (SSSR count). The van der Waals surface area contributed by atoms with Gasteiger partial charge in [-0.25, -0.2) is 0 Å². The van der Waals surface area contributed by atoms with Crippen molar-refractivity contribution in [1.29, 1.82) is 0 Å². The fourth-order valence-corrected chi connectivity index (χ4v) is 2.50. The fraction of sp³-hybridized carbons (Fsp3) is 0.462. The molecule has 20 heavy (non-hydrogen) atoms. The lowest BCUT2D eigenvalue weighted by Gasteiger charge is -2.33. The highest BCUT2D eigenvalue weighted by Gasteiger charge is 2.34. The Kier molecular flexibility index (Phi) is 4.25. The predicted octanol–water partition coefficient (Wildman–Crippen LogP) is 3.07. The van der Waals surface area contributed by atoms with Crippen molar-refractivity contribution >= 4 is 23.2 Å². The van der Waals surface area contributed by atoms with Crippen LogP contribution in [0.1, 0.15) is 18.4 Å². The molecule has 1 amide bonds. The number of nitrogens with zero attached hydrogens (tertiary/aromatic N) is 1. The van der Waals surface area contributed by atoms with Crippen LogP contribution in [0.4, 0.5) is 18.9 Å². The van der Waals surface area contributed by atoms with Gasteiger partial charge in [0.05, 0.1) is 22.3 Å². The van der Waals surface area contributed by atoms with E-state index in [9.17, 15) is 18.0 Å². The molecule has 1 atom stereocenters. The number of piperidine rings is 1. The van der Waals surface area contributed by atoms with Crippen LogP contribution in [0.2, 0.25) is 5.02 Å². The Morgan fingerprint density at radius 3 is 2.70 bits per heavy atom. The first-order valence-corrected chi connectivity index (χ1v) is 6.58. The lowest BCUT2D eigenvalue weighted by molar-refractivity contribution is -0.137. The van der Waals surface area contributed by atoms with E-state index in [0.717, 1.165) is 12.1 Å². The molecule has 1 heterocycles. The van der Waals surface area contributed by atoms with E-state index < -0.39 is 11.7 Å². The zero-order chi connectivity index (χ0) is 14.9. The average Bonchev–Trinajstić information content (AvgIpc) is 2.38. The molecule has 0 aliphatic carbocycles. The third kappa shape index (κ3) is 2.91. The molecule has 0 saturated carbocycles. The lowest BCUT2D eigenvalue weighted by atomic mass is 10.0. The highest BCUT2D eigenvalue weighted by atomic mass is 35.5. The largest absolute Gasteiger partial charge is 0.416 e. The van der Waals surface area contributed by atoms with Crippen molar-refractivity contribution in [2.45, 2.75) is 25.1 Å².